The predicted molar refractivity (Wildman–Crippen MR) is 334 cm³/mol. The molecule has 18 aromatic rings. The lowest BCUT2D eigenvalue weighted by atomic mass is 9.94. The molecule has 0 unspecified atom stereocenters. The van der Waals surface area contributed by atoms with Crippen molar-refractivity contribution >= 4 is 180 Å². The minimum Gasteiger partial charge on any atom is -0.309 e. The Bertz CT molecular complexity index is 5660. The summed E-state index contributed by atoms with van der Waals surface area (Å²) in [5, 5.41) is 18.5. The maximum atomic E-state index is 2.66. The second kappa shape index (κ2) is 14.6. The summed E-state index contributed by atoms with van der Waals surface area (Å²) in [5.41, 5.74) is 15.1. The molecule has 0 N–H and O–H groups in total. The van der Waals surface area contributed by atoms with Crippen LogP contribution in [-0.2, 0) is 0 Å². The number of hydrogen-bond acceptors (Lipinski definition) is 4. The first-order valence-corrected chi connectivity index (χ1v) is 29.2. The van der Waals surface area contributed by atoms with Crippen LogP contribution in [-0.4, -0.2) is 9.13 Å². The van der Waals surface area contributed by atoms with E-state index in [0.717, 1.165) is 0 Å². The Hall–Kier alpha value is -8.62. The van der Waals surface area contributed by atoms with Gasteiger partial charge in [-0.05, 0) is 99.4 Å². The van der Waals surface area contributed by atoms with E-state index in [1.807, 2.05) is 45.3 Å². The van der Waals surface area contributed by atoms with Crippen molar-refractivity contribution in [3.05, 3.63) is 218 Å². The summed E-state index contributed by atoms with van der Waals surface area (Å²) in [4.78, 5) is 0. The fourth-order valence-corrected chi connectivity index (χ4v) is 19.1. The average molecular weight is 1030 g/mol. The third kappa shape index (κ3) is 5.02. The van der Waals surface area contributed by atoms with Gasteiger partial charge in [-0.25, -0.2) is 0 Å². The Kier molecular flexibility index (Phi) is 7.83. The molecule has 0 bridgehead atoms. The first kappa shape index (κ1) is 40.7. The molecule has 6 heteroatoms. The molecule has 0 fully saturated rings. The Balaban J connectivity index is 0.976. The normalized spacial score (nSPS) is 12.7. The summed E-state index contributed by atoms with van der Waals surface area (Å²) in [5.74, 6) is 0. The monoisotopic (exact) mass is 1030 g/mol. The van der Waals surface area contributed by atoms with Crippen molar-refractivity contribution in [2.45, 2.75) is 0 Å². The molecule has 2 nitrogen and oxygen atoms in total. The smallest absolute Gasteiger partial charge is 0.0641 e. The molecule has 1 aliphatic carbocycles. The molecule has 0 aliphatic heterocycles. The van der Waals surface area contributed by atoms with E-state index < -0.39 is 0 Å². The Morgan fingerprint density at radius 2 is 0.724 bits per heavy atom. The van der Waals surface area contributed by atoms with Gasteiger partial charge in [-0.15, -0.1) is 45.3 Å². The van der Waals surface area contributed by atoms with Crippen molar-refractivity contribution in [2.24, 2.45) is 0 Å². The summed E-state index contributed by atoms with van der Waals surface area (Å²) >= 11 is 7.82. The Morgan fingerprint density at radius 1 is 0.250 bits per heavy atom. The summed E-state index contributed by atoms with van der Waals surface area (Å²) < 4.78 is 16.0. The van der Waals surface area contributed by atoms with Crippen LogP contribution in [0.15, 0.2) is 218 Å². The molecule has 0 atom stereocenters. The summed E-state index contributed by atoms with van der Waals surface area (Å²) in [6, 6.07) is 82.5. The van der Waals surface area contributed by atoms with Crippen molar-refractivity contribution in [3.63, 3.8) is 0 Å². The summed E-state index contributed by atoms with van der Waals surface area (Å²) in [6.45, 7) is 0. The molecule has 350 valence electrons. The lowest BCUT2D eigenvalue weighted by molar-refractivity contribution is 1.19. The maximum Gasteiger partial charge on any atom is 0.0641 e. The van der Waals surface area contributed by atoms with Crippen molar-refractivity contribution in [1.29, 1.82) is 0 Å². The van der Waals surface area contributed by atoms with Crippen molar-refractivity contribution in [3.8, 4) is 44.8 Å². The molecule has 6 heterocycles. The maximum absolute atomic E-state index is 2.66. The molecule has 6 aromatic heterocycles. The van der Waals surface area contributed by atoms with Gasteiger partial charge in [-0.1, -0.05) is 158 Å². The van der Waals surface area contributed by atoms with Gasteiger partial charge in [0.25, 0.3) is 0 Å². The van der Waals surface area contributed by atoms with E-state index >= 15 is 0 Å². The first-order valence-electron chi connectivity index (χ1n) is 25.9. The molecule has 76 heavy (non-hydrogen) atoms. The highest BCUT2D eigenvalue weighted by Gasteiger charge is 2.30. The molecule has 19 rings (SSSR count). The number of para-hydroxylation sites is 3. The number of nitrogens with zero attached hydrogens (tertiary/aromatic N) is 2. The van der Waals surface area contributed by atoms with E-state index in [0.29, 0.717) is 0 Å². The zero-order chi connectivity index (χ0) is 49.1. The van der Waals surface area contributed by atoms with Crippen LogP contribution >= 0.6 is 45.3 Å². The quantitative estimate of drug-likeness (QED) is 0.167. The highest BCUT2D eigenvalue weighted by atomic mass is 32.1. The molecule has 0 saturated heterocycles. The molecular weight excluding hydrogens is 997 g/mol. The lowest BCUT2D eigenvalue weighted by Gasteiger charge is -2.16. The highest BCUT2D eigenvalue weighted by molar-refractivity contribution is 7.34. The van der Waals surface area contributed by atoms with Crippen LogP contribution in [0.4, 0.5) is 0 Å². The van der Waals surface area contributed by atoms with Crippen LogP contribution in [0.3, 0.4) is 0 Å². The molecule has 0 spiro atoms. The van der Waals surface area contributed by atoms with E-state index in [2.05, 4.69) is 228 Å². The van der Waals surface area contributed by atoms with E-state index in [4.69, 9.17) is 0 Å². The van der Waals surface area contributed by atoms with Crippen LogP contribution in [0.5, 0.6) is 0 Å². The standard InChI is InChI=1S/C70H36N2S4/c1-2-17-38(18-3-1)71-51-28-11-6-21-43(51)58-60-45-23-8-14-31-55(45)74-68(60)70-63(64(58)71)48-27-16-26-39(66(48)76-70)37-35-49-41-20-5-4-19-40(41)42-33-34-53(50(36-37)57(42)49)72-52-29-12-7-22-44(52)59-61-46-24-9-13-30-54(46)73-67(61)69-62(65(59)72)47-25-10-15-32-56(47)75-69/h1-36H. The van der Waals surface area contributed by atoms with Gasteiger partial charge in [0.1, 0.15) is 0 Å². The van der Waals surface area contributed by atoms with Gasteiger partial charge in [0.15, 0.2) is 0 Å². The number of rotatable bonds is 3. The van der Waals surface area contributed by atoms with Gasteiger partial charge in [0, 0.05) is 94.5 Å². The lowest BCUT2D eigenvalue weighted by Crippen LogP contribution is -1.97. The number of aromatic nitrogens is 2. The summed E-state index contributed by atoms with van der Waals surface area (Å²) in [7, 11) is 0. The van der Waals surface area contributed by atoms with Gasteiger partial charge >= 0.3 is 0 Å². The zero-order valence-corrected chi connectivity index (χ0v) is 43.6. The van der Waals surface area contributed by atoms with Gasteiger partial charge in [-0.3, -0.25) is 0 Å². The van der Waals surface area contributed by atoms with E-state index in [9.17, 15) is 0 Å². The minimum absolute atomic E-state index is 1.18. The largest absolute Gasteiger partial charge is 0.309 e. The predicted octanol–water partition coefficient (Wildman–Crippen LogP) is 21.8. The third-order valence-electron chi connectivity index (χ3n) is 16.8. The van der Waals surface area contributed by atoms with Crippen LogP contribution in [0.1, 0.15) is 0 Å². The fraction of sp³-hybridized carbons (Fsp3) is 0. The second-order valence-corrected chi connectivity index (χ2v) is 24.7. The molecule has 0 amide bonds. The topological polar surface area (TPSA) is 9.86 Å². The highest BCUT2D eigenvalue weighted by Crippen LogP contribution is 2.57. The van der Waals surface area contributed by atoms with Gasteiger partial charge in [0.2, 0.25) is 0 Å². The molecule has 0 saturated carbocycles. The molecule has 12 aromatic carbocycles. The third-order valence-corrected chi connectivity index (χ3v) is 21.9. The Morgan fingerprint density at radius 3 is 1.38 bits per heavy atom. The molecule has 0 radical (unpaired) electrons. The van der Waals surface area contributed by atoms with Gasteiger partial charge in [0.05, 0.1) is 46.6 Å². The summed E-state index contributed by atoms with van der Waals surface area (Å²) in [6.07, 6.45) is 0. The van der Waals surface area contributed by atoms with Crippen LogP contribution in [0.25, 0.3) is 180 Å². The van der Waals surface area contributed by atoms with E-state index in [1.165, 1.54) is 180 Å². The number of fused-ring (bicyclic) bond motifs is 27. The Labute approximate surface area is 449 Å². The molecular formula is C70H36N2S4. The van der Waals surface area contributed by atoms with E-state index in [-0.39, 0.29) is 0 Å². The average Bonchev–Trinajstić information content (AvgIpc) is 4.52. The van der Waals surface area contributed by atoms with Crippen LogP contribution in [0, 0.1) is 0 Å². The number of hydrogen-bond donors (Lipinski definition) is 0. The van der Waals surface area contributed by atoms with Crippen molar-refractivity contribution in [2.75, 3.05) is 0 Å². The van der Waals surface area contributed by atoms with Crippen LogP contribution in [0.2, 0.25) is 0 Å². The fourth-order valence-electron chi connectivity index (χ4n) is 13.9. The minimum atomic E-state index is 1.18. The van der Waals surface area contributed by atoms with E-state index in [1.54, 1.807) is 0 Å². The second-order valence-electron chi connectivity index (χ2n) is 20.5. The SMILES string of the molecule is c1ccc(-n2c3ccccc3c3c4c5ccccc5sc4c4sc5c(-c6cc7c8c(ccc(-n9c%10ccccc%10c%10c%11c%12ccccc%12sc%11c%11sc%12ccccc%12c%11c%109)c8c6)-c6ccccc6-7)cccc5c4c32)cc1. The first-order chi connectivity index (χ1) is 37.7. The van der Waals surface area contributed by atoms with Crippen molar-refractivity contribution < 1.29 is 0 Å². The van der Waals surface area contributed by atoms with Crippen molar-refractivity contribution in [1.82, 2.24) is 9.13 Å². The number of thiophene rings is 4. The van der Waals surface area contributed by atoms with Gasteiger partial charge in [-0.2, -0.15) is 0 Å². The zero-order valence-electron chi connectivity index (χ0n) is 40.3. The molecule has 1 aliphatic rings. The number of benzene rings is 12. The van der Waals surface area contributed by atoms with Crippen LogP contribution < -0.4 is 0 Å². The van der Waals surface area contributed by atoms with Gasteiger partial charge < -0.3 is 9.13 Å².